The number of hydrogen-bond acceptors (Lipinski definition) is 4. The van der Waals surface area contributed by atoms with Crippen LogP contribution in [-0.2, 0) is 0 Å². The summed E-state index contributed by atoms with van der Waals surface area (Å²) in [7, 11) is 0. The second-order valence-corrected chi connectivity index (χ2v) is 5.24. The number of nitrogens with two attached hydrogens (primary N) is 2. The number of pyridine rings is 1. The van der Waals surface area contributed by atoms with Gasteiger partial charge in [-0.3, -0.25) is 9.78 Å². The van der Waals surface area contributed by atoms with Crippen LogP contribution in [-0.4, -0.2) is 23.0 Å². The van der Waals surface area contributed by atoms with E-state index in [9.17, 15) is 4.79 Å². The second kappa shape index (κ2) is 6.10. The average Bonchev–Trinajstić information content (AvgIpc) is 2.51. The van der Waals surface area contributed by atoms with Gasteiger partial charge in [-0.05, 0) is 25.0 Å². The summed E-state index contributed by atoms with van der Waals surface area (Å²) in [5, 5.41) is 0.767. The molecule has 0 aliphatic carbocycles. The Hall–Kier alpha value is -2.14. The Labute approximate surface area is 124 Å². The number of rotatable bonds is 6. The number of aromatic nitrogens is 1. The summed E-state index contributed by atoms with van der Waals surface area (Å²) in [6, 6.07) is 7.48. The van der Waals surface area contributed by atoms with Crippen LogP contribution >= 0.6 is 0 Å². The molecule has 0 unspecified atom stereocenters. The Morgan fingerprint density at radius 2 is 1.95 bits per heavy atom. The first-order valence-electron chi connectivity index (χ1n) is 7.10. The van der Waals surface area contributed by atoms with Gasteiger partial charge in [0.15, 0.2) is 0 Å². The number of carbonyl (C=O) groups is 1. The highest BCUT2D eigenvalue weighted by Gasteiger charge is 2.23. The molecule has 1 amide bonds. The molecular formula is C16H21N3O2. The molecule has 0 saturated carbocycles. The van der Waals surface area contributed by atoms with Crippen LogP contribution < -0.4 is 16.2 Å². The van der Waals surface area contributed by atoms with Gasteiger partial charge in [0.2, 0.25) is 0 Å². The van der Waals surface area contributed by atoms with Crippen LogP contribution in [0.3, 0.4) is 0 Å². The van der Waals surface area contributed by atoms with Crippen LogP contribution in [0.25, 0.3) is 10.9 Å². The Kier molecular flexibility index (Phi) is 4.43. The Balaban J connectivity index is 2.45. The molecule has 5 heteroatoms. The van der Waals surface area contributed by atoms with E-state index >= 15 is 0 Å². The van der Waals surface area contributed by atoms with Crippen molar-refractivity contribution in [2.24, 2.45) is 11.5 Å². The highest BCUT2D eigenvalue weighted by Crippen LogP contribution is 2.29. The first kappa shape index (κ1) is 15.3. The maximum Gasteiger partial charge on any atom is 0.254 e. The third-order valence-corrected chi connectivity index (χ3v) is 3.90. The Morgan fingerprint density at radius 1 is 1.29 bits per heavy atom. The third kappa shape index (κ3) is 3.13. The van der Waals surface area contributed by atoms with Crippen LogP contribution in [0.5, 0.6) is 5.75 Å². The zero-order chi connectivity index (χ0) is 15.5. The smallest absolute Gasteiger partial charge is 0.254 e. The lowest BCUT2D eigenvalue weighted by molar-refractivity contribution is 0.0994. The van der Waals surface area contributed by atoms with E-state index in [2.05, 4.69) is 4.98 Å². The summed E-state index contributed by atoms with van der Waals surface area (Å²) >= 11 is 0. The second-order valence-electron chi connectivity index (χ2n) is 5.24. The normalized spacial score (nSPS) is 11.6. The molecule has 1 aromatic carbocycles. The molecule has 0 fully saturated rings. The molecule has 0 saturated heterocycles. The molecule has 0 radical (unpaired) electrons. The molecule has 4 N–H and O–H groups in total. The minimum Gasteiger partial charge on any atom is -0.490 e. The van der Waals surface area contributed by atoms with E-state index in [1.165, 1.54) is 6.20 Å². The highest BCUT2D eigenvalue weighted by atomic mass is 16.5. The number of benzene rings is 1. The quantitative estimate of drug-likeness (QED) is 0.852. The lowest BCUT2D eigenvalue weighted by Gasteiger charge is -2.27. The van der Waals surface area contributed by atoms with Crippen molar-refractivity contribution in [1.29, 1.82) is 0 Å². The van der Waals surface area contributed by atoms with E-state index in [1.807, 2.05) is 38.1 Å². The summed E-state index contributed by atoms with van der Waals surface area (Å²) in [5.41, 5.74) is 12.3. The fraction of sp³-hybridized carbons (Fsp3) is 0.375. The van der Waals surface area contributed by atoms with E-state index < -0.39 is 11.4 Å². The fourth-order valence-electron chi connectivity index (χ4n) is 2.12. The minimum absolute atomic E-state index is 0.281. The Morgan fingerprint density at radius 3 is 2.57 bits per heavy atom. The van der Waals surface area contributed by atoms with Gasteiger partial charge in [0.05, 0.1) is 5.52 Å². The van der Waals surface area contributed by atoms with Crippen molar-refractivity contribution in [2.75, 3.05) is 6.61 Å². The summed E-state index contributed by atoms with van der Waals surface area (Å²) in [6.07, 6.45) is 3.03. The predicted octanol–water partition coefficient (Wildman–Crippen LogP) is 2.23. The van der Waals surface area contributed by atoms with Gasteiger partial charge >= 0.3 is 0 Å². The van der Waals surface area contributed by atoms with Crippen molar-refractivity contribution in [3.8, 4) is 5.75 Å². The summed E-state index contributed by atoms with van der Waals surface area (Å²) < 4.78 is 5.89. The largest absolute Gasteiger partial charge is 0.490 e. The molecule has 1 aromatic heterocycles. The fourth-order valence-corrected chi connectivity index (χ4v) is 2.12. The zero-order valence-electron chi connectivity index (χ0n) is 12.4. The molecule has 0 bridgehead atoms. The van der Waals surface area contributed by atoms with Gasteiger partial charge in [-0.2, -0.15) is 0 Å². The van der Waals surface area contributed by atoms with Crippen LogP contribution in [0.4, 0.5) is 0 Å². The van der Waals surface area contributed by atoms with E-state index in [0.29, 0.717) is 12.4 Å². The average molecular weight is 287 g/mol. The van der Waals surface area contributed by atoms with Crippen LogP contribution in [0.2, 0.25) is 0 Å². The van der Waals surface area contributed by atoms with Crippen LogP contribution in [0, 0.1) is 0 Å². The van der Waals surface area contributed by atoms with Gasteiger partial charge < -0.3 is 16.2 Å². The summed E-state index contributed by atoms with van der Waals surface area (Å²) in [5.74, 6) is -0.0938. The molecule has 2 aromatic rings. The van der Waals surface area contributed by atoms with Gasteiger partial charge in [0.1, 0.15) is 17.9 Å². The molecule has 2 rings (SSSR count). The molecule has 112 valence electrons. The molecule has 0 aliphatic rings. The number of fused-ring (bicyclic) bond motifs is 1. The first-order valence-corrected chi connectivity index (χ1v) is 7.10. The number of para-hydroxylation sites is 1. The Bertz CT molecular complexity index is 651. The van der Waals surface area contributed by atoms with E-state index in [0.717, 1.165) is 23.7 Å². The molecule has 0 spiro atoms. The van der Waals surface area contributed by atoms with Crippen molar-refractivity contribution in [2.45, 2.75) is 32.2 Å². The van der Waals surface area contributed by atoms with Crippen molar-refractivity contribution < 1.29 is 9.53 Å². The molecule has 21 heavy (non-hydrogen) atoms. The first-order chi connectivity index (χ1) is 10.0. The van der Waals surface area contributed by atoms with E-state index in [4.69, 9.17) is 16.2 Å². The lowest BCUT2D eigenvalue weighted by Crippen LogP contribution is -2.44. The molecular weight excluding hydrogens is 266 g/mol. The summed E-state index contributed by atoms with van der Waals surface area (Å²) in [4.78, 5) is 15.8. The lowest BCUT2D eigenvalue weighted by atomic mass is 9.95. The third-order valence-electron chi connectivity index (χ3n) is 3.90. The van der Waals surface area contributed by atoms with Gasteiger partial charge in [-0.15, -0.1) is 0 Å². The molecule has 0 aliphatic heterocycles. The molecule has 0 atom stereocenters. The highest BCUT2D eigenvalue weighted by molar-refractivity contribution is 6.01. The van der Waals surface area contributed by atoms with Gasteiger partial charge in [-0.25, -0.2) is 0 Å². The van der Waals surface area contributed by atoms with Crippen LogP contribution in [0.15, 0.2) is 30.5 Å². The number of ether oxygens (including phenoxy) is 1. The van der Waals surface area contributed by atoms with Crippen molar-refractivity contribution >= 4 is 16.8 Å². The topological polar surface area (TPSA) is 91.2 Å². The summed E-state index contributed by atoms with van der Waals surface area (Å²) in [6.45, 7) is 4.37. The number of amides is 1. The number of hydrogen-bond donors (Lipinski definition) is 2. The van der Waals surface area contributed by atoms with Gasteiger partial charge in [0, 0.05) is 17.1 Å². The number of carbonyl (C=O) groups excluding carboxylic acids is 1. The van der Waals surface area contributed by atoms with Gasteiger partial charge in [0.25, 0.3) is 5.91 Å². The van der Waals surface area contributed by atoms with Gasteiger partial charge in [-0.1, -0.05) is 26.0 Å². The zero-order valence-corrected chi connectivity index (χ0v) is 12.4. The SMILES string of the molecule is CCC(N)(CC)COc1c(C(N)=O)cnc2ccccc12. The number of nitrogens with zero attached hydrogens (tertiary/aromatic N) is 1. The predicted molar refractivity (Wildman–Crippen MR) is 83.3 cm³/mol. The standard InChI is InChI=1S/C16H21N3O2/c1-3-16(18,4-2)10-21-14-11-7-5-6-8-13(11)19-9-12(14)15(17)20/h5-9H,3-4,10,18H2,1-2H3,(H2,17,20). The minimum atomic E-state index is -0.557. The molecule has 5 nitrogen and oxygen atoms in total. The number of primary amides is 1. The van der Waals surface area contributed by atoms with E-state index in [1.54, 1.807) is 0 Å². The van der Waals surface area contributed by atoms with Crippen LogP contribution in [0.1, 0.15) is 37.0 Å². The maximum absolute atomic E-state index is 11.6. The maximum atomic E-state index is 11.6. The van der Waals surface area contributed by atoms with Crippen molar-refractivity contribution in [1.82, 2.24) is 4.98 Å². The monoisotopic (exact) mass is 287 g/mol. The van der Waals surface area contributed by atoms with Crippen molar-refractivity contribution in [3.05, 3.63) is 36.0 Å². The van der Waals surface area contributed by atoms with E-state index in [-0.39, 0.29) is 5.56 Å². The molecule has 1 heterocycles. The van der Waals surface area contributed by atoms with Crippen molar-refractivity contribution in [3.63, 3.8) is 0 Å².